The van der Waals surface area contributed by atoms with Crippen molar-refractivity contribution in [2.75, 3.05) is 31.2 Å². The van der Waals surface area contributed by atoms with E-state index in [1.54, 1.807) is 22.0 Å². The van der Waals surface area contributed by atoms with Crippen molar-refractivity contribution in [1.82, 2.24) is 4.90 Å². The van der Waals surface area contributed by atoms with E-state index in [0.29, 0.717) is 25.9 Å². The lowest BCUT2D eigenvalue weighted by Gasteiger charge is -2.35. The highest BCUT2D eigenvalue weighted by Gasteiger charge is 2.71. The summed E-state index contributed by atoms with van der Waals surface area (Å²) in [5.41, 5.74) is -0.514. The van der Waals surface area contributed by atoms with Crippen LogP contribution in [0.25, 0.3) is 10.8 Å². The Morgan fingerprint density at radius 2 is 1.81 bits per heavy atom. The second-order valence-corrected chi connectivity index (χ2v) is 10.1. The van der Waals surface area contributed by atoms with E-state index in [0.717, 1.165) is 22.9 Å². The van der Waals surface area contributed by atoms with Crippen LogP contribution in [0.5, 0.6) is 0 Å². The molecule has 2 fully saturated rings. The number of aliphatic hydroxyl groups excluding tert-OH is 1. The molecular formula is C29H30N2O6. The number of anilines is 1. The van der Waals surface area contributed by atoms with Gasteiger partial charge < -0.3 is 24.4 Å². The van der Waals surface area contributed by atoms with Gasteiger partial charge in [0.1, 0.15) is 24.2 Å². The highest BCUT2D eigenvalue weighted by atomic mass is 16.6. The van der Waals surface area contributed by atoms with Crippen molar-refractivity contribution >= 4 is 34.2 Å². The molecule has 0 radical (unpaired) electrons. The van der Waals surface area contributed by atoms with E-state index in [1.165, 1.54) is 0 Å². The van der Waals surface area contributed by atoms with Gasteiger partial charge in [-0.3, -0.25) is 14.4 Å². The standard InChI is InChI=1S/C29H30N2O6/c32-16-5-1-4-14-31-25-27(34)30(21-12-11-19-8-2-3-9-20(19)18-21)15-7-13-29(25)24(26(31)33)23-22(37-29)10-6-17-36-28(23)35/h2-3,6-13,18,22-25,32H,1,4-5,14-17H2/t22-,23+,24+,25-,29?/m1/s1. The molecule has 4 aliphatic rings. The molecule has 8 heteroatoms. The van der Waals surface area contributed by atoms with Crippen LogP contribution in [0.3, 0.4) is 0 Å². The quantitative estimate of drug-likeness (QED) is 0.371. The number of hydrogen-bond acceptors (Lipinski definition) is 6. The van der Waals surface area contributed by atoms with Crippen molar-refractivity contribution in [2.45, 2.75) is 37.0 Å². The molecule has 37 heavy (non-hydrogen) atoms. The molecule has 1 spiro atoms. The van der Waals surface area contributed by atoms with Crippen LogP contribution in [-0.2, 0) is 23.9 Å². The summed E-state index contributed by atoms with van der Waals surface area (Å²) in [6, 6.07) is 13.0. The smallest absolute Gasteiger partial charge is 0.313 e. The van der Waals surface area contributed by atoms with Crippen LogP contribution in [0.4, 0.5) is 5.69 Å². The number of aliphatic hydroxyl groups is 1. The van der Waals surface area contributed by atoms with Crippen LogP contribution in [0.15, 0.2) is 66.8 Å². The van der Waals surface area contributed by atoms with Gasteiger partial charge in [-0.1, -0.05) is 48.6 Å². The molecule has 1 N–H and O–H groups in total. The first kappa shape index (κ1) is 23.9. The van der Waals surface area contributed by atoms with E-state index >= 15 is 0 Å². The predicted molar refractivity (Wildman–Crippen MR) is 137 cm³/mol. The third-order valence-electron chi connectivity index (χ3n) is 8.02. The fourth-order valence-corrected chi connectivity index (χ4v) is 6.36. The molecule has 0 bridgehead atoms. The summed E-state index contributed by atoms with van der Waals surface area (Å²) >= 11 is 0. The van der Waals surface area contributed by atoms with Gasteiger partial charge in [0.25, 0.3) is 5.91 Å². The monoisotopic (exact) mass is 502 g/mol. The predicted octanol–water partition coefficient (Wildman–Crippen LogP) is 2.60. The maximum Gasteiger partial charge on any atom is 0.313 e. The van der Waals surface area contributed by atoms with E-state index < -0.39 is 35.6 Å². The zero-order valence-electron chi connectivity index (χ0n) is 20.5. The molecule has 192 valence electrons. The Labute approximate surface area is 215 Å². The minimum absolute atomic E-state index is 0.0758. The Balaban J connectivity index is 1.41. The number of cyclic esters (lactones) is 1. The molecule has 5 atom stereocenters. The fourth-order valence-electron chi connectivity index (χ4n) is 6.36. The summed E-state index contributed by atoms with van der Waals surface area (Å²) < 4.78 is 11.9. The Kier molecular flexibility index (Phi) is 6.09. The van der Waals surface area contributed by atoms with Gasteiger partial charge >= 0.3 is 5.97 Å². The second kappa shape index (κ2) is 9.43. The molecular weight excluding hydrogens is 472 g/mol. The lowest BCUT2D eigenvalue weighted by molar-refractivity contribution is -0.152. The maximum absolute atomic E-state index is 14.3. The molecule has 2 amide bonds. The number of nitrogens with zero attached hydrogens (tertiary/aromatic N) is 2. The Hall–Kier alpha value is -3.49. The van der Waals surface area contributed by atoms with Crippen LogP contribution in [0.2, 0.25) is 0 Å². The zero-order valence-corrected chi connectivity index (χ0v) is 20.5. The second-order valence-electron chi connectivity index (χ2n) is 10.1. The van der Waals surface area contributed by atoms with Crippen LogP contribution in [-0.4, -0.2) is 71.8 Å². The average molecular weight is 503 g/mol. The third kappa shape index (κ3) is 3.78. The summed E-state index contributed by atoms with van der Waals surface area (Å²) in [5.74, 6) is -2.60. The molecule has 2 saturated heterocycles. The molecule has 2 aromatic rings. The molecule has 8 nitrogen and oxygen atoms in total. The van der Waals surface area contributed by atoms with E-state index in [-0.39, 0.29) is 25.0 Å². The number of likely N-dealkylation sites (tertiary alicyclic amines) is 1. The minimum atomic E-state index is -1.26. The number of carbonyl (C=O) groups is 3. The minimum Gasteiger partial charge on any atom is -0.461 e. The van der Waals surface area contributed by atoms with Crippen LogP contribution in [0, 0.1) is 11.8 Å². The number of esters is 1. The van der Waals surface area contributed by atoms with Gasteiger partial charge in [-0.2, -0.15) is 0 Å². The number of benzene rings is 2. The topological polar surface area (TPSA) is 96.4 Å². The summed E-state index contributed by atoms with van der Waals surface area (Å²) in [4.78, 5) is 44.6. The Bertz CT molecular complexity index is 1300. The number of unbranched alkanes of at least 4 members (excludes halogenated alkanes) is 2. The average Bonchev–Trinajstić information content (AvgIpc) is 3.20. The number of fused-ring (bicyclic) bond motifs is 3. The molecule has 6 rings (SSSR count). The third-order valence-corrected chi connectivity index (χ3v) is 8.02. The van der Waals surface area contributed by atoms with Gasteiger partial charge in [-0.15, -0.1) is 0 Å². The molecule has 4 heterocycles. The van der Waals surface area contributed by atoms with E-state index in [9.17, 15) is 19.5 Å². The van der Waals surface area contributed by atoms with Gasteiger partial charge in [-0.05, 0) is 48.2 Å². The fraction of sp³-hybridized carbons (Fsp3) is 0.414. The van der Waals surface area contributed by atoms with Crippen LogP contribution < -0.4 is 4.90 Å². The highest BCUT2D eigenvalue weighted by molar-refractivity contribution is 6.06. The molecule has 4 aliphatic heterocycles. The van der Waals surface area contributed by atoms with Gasteiger partial charge in [0.05, 0.1) is 12.0 Å². The van der Waals surface area contributed by atoms with E-state index in [4.69, 9.17) is 9.47 Å². The summed E-state index contributed by atoms with van der Waals surface area (Å²) in [6.07, 6.45) is 8.58. The molecule has 0 saturated carbocycles. The largest absolute Gasteiger partial charge is 0.461 e. The van der Waals surface area contributed by atoms with Crippen LogP contribution in [0.1, 0.15) is 19.3 Å². The first-order valence-corrected chi connectivity index (χ1v) is 13.0. The Morgan fingerprint density at radius 1 is 0.973 bits per heavy atom. The Morgan fingerprint density at radius 3 is 2.65 bits per heavy atom. The highest BCUT2D eigenvalue weighted by Crippen LogP contribution is 2.53. The van der Waals surface area contributed by atoms with E-state index in [2.05, 4.69) is 0 Å². The molecule has 2 aromatic carbocycles. The normalized spacial score (nSPS) is 30.7. The van der Waals surface area contributed by atoms with Gasteiger partial charge in [0.15, 0.2) is 0 Å². The first-order chi connectivity index (χ1) is 18.0. The molecule has 0 aromatic heterocycles. The summed E-state index contributed by atoms with van der Waals surface area (Å²) in [6.45, 7) is 0.889. The van der Waals surface area contributed by atoms with E-state index in [1.807, 2.05) is 54.6 Å². The summed E-state index contributed by atoms with van der Waals surface area (Å²) in [7, 11) is 0. The van der Waals surface area contributed by atoms with Gasteiger partial charge in [0, 0.05) is 25.4 Å². The lowest BCUT2D eigenvalue weighted by atomic mass is 9.78. The zero-order chi connectivity index (χ0) is 25.6. The lowest BCUT2D eigenvalue weighted by Crippen LogP contribution is -2.55. The van der Waals surface area contributed by atoms with Gasteiger partial charge in [-0.25, -0.2) is 0 Å². The number of rotatable bonds is 6. The van der Waals surface area contributed by atoms with Crippen molar-refractivity contribution in [1.29, 1.82) is 0 Å². The number of hydrogen-bond donors (Lipinski definition) is 1. The number of ether oxygens (including phenoxy) is 2. The van der Waals surface area contributed by atoms with Crippen LogP contribution >= 0.6 is 0 Å². The number of amides is 2. The first-order valence-electron chi connectivity index (χ1n) is 13.0. The van der Waals surface area contributed by atoms with Gasteiger partial charge in [0.2, 0.25) is 5.91 Å². The molecule has 0 aliphatic carbocycles. The maximum atomic E-state index is 14.3. The SMILES string of the molecule is O=C1OCC=C[C@H]2OC34C=CCN(c5ccc6ccccc6c5)C(=O)[C@H]3N(CCCCCO)C(=O)[C@@H]4[C@@H]12. The van der Waals surface area contributed by atoms with Crippen molar-refractivity contribution in [3.05, 3.63) is 66.8 Å². The van der Waals surface area contributed by atoms with Crippen molar-refractivity contribution in [2.24, 2.45) is 11.8 Å². The van der Waals surface area contributed by atoms with Crippen molar-refractivity contribution < 1.29 is 29.0 Å². The number of carbonyl (C=O) groups excluding carboxylic acids is 3. The summed E-state index contributed by atoms with van der Waals surface area (Å²) in [5, 5.41) is 11.3. The molecule has 1 unspecified atom stereocenters. The van der Waals surface area contributed by atoms with Crippen molar-refractivity contribution in [3.8, 4) is 0 Å². The van der Waals surface area contributed by atoms with Crippen molar-refractivity contribution in [3.63, 3.8) is 0 Å².